The van der Waals surface area contributed by atoms with Crippen molar-refractivity contribution in [3.8, 4) is 0 Å². The predicted octanol–water partition coefficient (Wildman–Crippen LogP) is 3.61. The Hall–Kier alpha value is -0.0800. The molecular formula is C16H31NO. The minimum atomic E-state index is 0.0168. The van der Waals surface area contributed by atoms with E-state index in [1.807, 2.05) is 0 Å². The molecular weight excluding hydrogens is 222 g/mol. The van der Waals surface area contributed by atoms with Crippen molar-refractivity contribution in [2.24, 2.45) is 17.8 Å². The molecule has 1 saturated carbocycles. The maximum absolute atomic E-state index is 6.63. The van der Waals surface area contributed by atoms with Gasteiger partial charge in [0.2, 0.25) is 0 Å². The number of hydrogen-bond donors (Lipinski definition) is 1. The normalized spacial score (nSPS) is 41.8. The lowest BCUT2D eigenvalue weighted by atomic mass is 9.73. The van der Waals surface area contributed by atoms with Gasteiger partial charge in [-0.1, -0.05) is 27.7 Å². The van der Waals surface area contributed by atoms with E-state index in [0.29, 0.717) is 5.92 Å². The monoisotopic (exact) mass is 253 g/mol. The van der Waals surface area contributed by atoms with Crippen LogP contribution in [-0.2, 0) is 4.74 Å². The molecule has 18 heavy (non-hydrogen) atoms. The van der Waals surface area contributed by atoms with E-state index in [9.17, 15) is 0 Å². The summed E-state index contributed by atoms with van der Waals surface area (Å²) in [7, 11) is 0. The summed E-state index contributed by atoms with van der Waals surface area (Å²) in [5.74, 6) is 2.31. The number of nitrogens with one attached hydrogen (secondary N) is 1. The lowest BCUT2D eigenvalue weighted by Gasteiger charge is -2.52. The summed E-state index contributed by atoms with van der Waals surface area (Å²) in [4.78, 5) is 0. The van der Waals surface area contributed by atoms with Crippen LogP contribution >= 0.6 is 0 Å². The van der Waals surface area contributed by atoms with Gasteiger partial charge in [0.1, 0.15) is 0 Å². The van der Waals surface area contributed by atoms with Crippen LogP contribution in [0.2, 0.25) is 0 Å². The van der Waals surface area contributed by atoms with Crippen LogP contribution in [0, 0.1) is 17.8 Å². The standard InChI is InChI=1S/C16H31NO/c1-12(2)14-6-8-16(9-7-14)11-17-10-15(5,18-16)13(3)4/h12-14,17H,6-11H2,1-5H3. The van der Waals surface area contributed by atoms with Crippen LogP contribution in [-0.4, -0.2) is 24.3 Å². The number of morpholine rings is 1. The largest absolute Gasteiger partial charge is 0.366 e. The molecule has 1 aliphatic carbocycles. The Morgan fingerprint density at radius 3 is 2.17 bits per heavy atom. The van der Waals surface area contributed by atoms with Gasteiger partial charge in [-0.3, -0.25) is 0 Å². The maximum Gasteiger partial charge on any atom is 0.0814 e. The Kier molecular flexibility index (Phi) is 4.08. The van der Waals surface area contributed by atoms with Crippen LogP contribution in [0.3, 0.4) is 0 Å². The Balaban J connectivity index is 2.01. The number of ether oxygens (including phenoxy) is 1. The molecule has 1 saturated heterocycles. The van der Waals surface area contributed by atoms with E-state index in [1.165, 1.54) is 25.7 Å². The van der Waals surface area contributed by atoms with Crippen LogP contribution in [0.5, 0.6) is 0 Å². The summed E-state index contributed by atoms with van der Waals surface area (Å²) in [6.07, 6.45) is 5.16. The highest BCUT2D eigenvalue weighted by Crippen LogP contribution is 2.42. The minimum absolute atomic E-state index is 0.0168. The van der Waals surface area contributed by atoms with Gasteiger partial charge in [-0.05, 0) is 50.4 Å². The second-order valence-electron chi connectivity index (χ2n) is 7.44. The fraction of sp³-hybridized carbons (Fsp3) is 1.00. The number of rotatable bonds is 2. The molecule has 1 unspecified atom stereocenters. The Bertz CT molecular complexity index is 279. The van der Waals surface area contributed by atoms with Crippen molar-refractivity contribution in [2.75, 3.05) is 13.1 Å². The summed E-state index contributed by atoms with van der Waals surface area (Å²) in [5, 5.41) is 3.64. The first-order chi connectivity index (χ1) is 8.37. The van der Waals surface area contributed by atoms with E-state index < -0.39 is 0 Å². The molecule has 2 aliphatic rings. The first-order valence-electron chi connectivity index (χ1n) is 7.78. The van der Waals surface area contributed by atoms with Gasteiger partial charge in [-0.2, -0.15) is 0 Å². The predicted molar refractivity (Wildman–Crippen MR) is 76.7 cm³/mol. The van der Waals surface area contributed by atoms with Gasteiger partial charge in [-0.15, -0.1) is 0 Å². The van der Waals surface area contributed by atoms with E-state index in [2.05, 4.69) is 39.9 Å². The topological polar surface area (TPSA) is 21.3 Å². The van der Waals surface area contributed by atoms with Crippen LogP contribution in [0.25, 0.3) is 0 Å². The van der Waals surface area contributed by atoms with E-state index in [4.69, 9.17) is 4.74 Å². The van der Waals surface area contributed by atoms with Gasteiger partial charge in [-0.25, -0.2) is 0 Å². The molecule has 0 bridgehead atoms. The summed E-state index contributed by atoms with van der Waals surface area (Å²) < 4.78 is 6.63. The summed E-state index contributed by atoms with van der Waals surface area (Å²) in [6.45, 7) is 13.6. The fourth-order valence-corrected chi connectivity index (χ4v) is 3.54. The summed E-state index contributed by atoms with van der Waals surface area (Å²) in [6, 6.07) is 0. The van der Waals surface area contributed by atoms with Gasteiger partial charge in [0.15, 0.2) is 0 Å². The molecule has 1 atom stereocenters. The average Bonchev–Trinajstić information content (AvgIpc) is 2.29. The van der Waals surface area contributed by atoms with Crippen LogP contribution in [0.15, 0.2) is 0 Å². The summed E-state index contributed by atoms with van der Waals surface area (Å²) in [5.41, 5.74) is 0.144. The van der Waals surface area contributed by atoms with Gasteiger partial charge in [0.05, 0.1) is 11.2 Å². The molecule has 0 radical (unpaired) electrons. The molecule has 1 heterocycles. The van der Waals surface area contributed by atoms with E-state index in [1.54, 1.807) is 0 Å². The molecule has 0 aromatic rings. The number of hydrogen-bond acceptors (Lipinski definition) is 2. The molecule has 0 amide bonds. The van der Waals surface area contributed by atoms with E-state index in [-0.39, 0.29) is 11.2 Å². The van der Waals surface area contributed by atoms with Crippen molar-refractivity contribution in [1.29, 1.82) is 0 Å². The molecule has 0 aromatic heterocycles. The van der Waals surface area contributed by atoms with Crippen molar-refractivity contribution < 1.29 is 4.74 Å². The molecule has 2 fully saturated rings. The Labute approximate surface area is 113 Å². The van der Waals surface area contributed by atoms with Crippen molar-refractivity contribution in [3.63, 3.8) is 0 Å². The van der Waals surface area contributed by atoms with Crippen molar-refractivity contribution in [1.82, 2.24) is 5.32 Å². The zero-order valence-corrected chi connectivity index (χ0v) is 12.9. The molecule has 1 N–H and O–H groups in total. The molecule has 1 aliphatic heterocycles. The van der Waals surface area contributed by atoms with Gasteiger partial charge < -0.3 is 10.1 Å². The first kappa shape index (κ1) is 14.3. The third-order valence-electron chi connectivity index (χ3n) is 5.48. The maximum atomic E-state index is 6.63. The summed E-state index contributed by atoms with van der Waals surface area (Å²) >= 11 is 0. The van der Waals surface area contributed by atoms with E-state index >= 15 is 0 Å². The lowest BCUT2D eigenvalue weighted by Crippen LogP contribution is -2.62. The molecule has 1 spiro atoms. The zero-order chi connectivity index (χ0) is 13.4. The lowest BCUT2D eigenvalue weighted by molar-refractivity contribution is -0.204. The average molecular weight is 253 g/mol. The second-order valence-corrected chi connectivity index (χ2v) is 7.44. The molecule has 2 rings (SSSR count). The SMILES string of the molecule is CC(C)C1CCC2(CC1)CNCC(C)(C(C)C)O2. The first-order valence-corrected chi connectivity index (χ1v) is 7.78. The van der Waals surface area contributed by atoms with Crippen LogP contribution < -0.4 is 5.32 Å². The molecule has 2 heteroatoms. The smallest absolute Gasteiger partial charge is 0.0814 e. The fourth-order valence-electron chi connectivity index (χ4n) is 3.54. The highest BCUT2D eigenvalue weighted by Gasteiger charge is 2.46. The highest BCUT2D eigenvalue weighted by molar-refractivity contribution is 4.98. The minimum Gasteiger partial charge on any atom is -0.366 e. The van der Waals surface area contributed by atoms with Crippen molar-refractivity contribution in [2.45, 2.75) is 71.5 Å². The van der Waals surface area contributed by atoms with Crippen LogP contribution in [0.1, 0.15) is 60.3 Å². The van der Waals surface area contributed by atoms with E-state index in [0.717, 1.165) is 24.9 Å². The Morgan fingerprint density at radius 2 is 1.67 bits per heavy atom. The molecule has 106 valence electrons. The second kappa shape index (κ2) is 5.13. The van der Waals surface area contributed by atoms with Gasteiger partial charge >= 0.3 is 0 Å². The molecule has 2 nitrogen and oxygen atoms in total. The highest BCUT2D eigenvalue weighted by atomic mass is 16.5. The Morgan fingerprint density at radius 1 is 1.06 bits per heavy atom. The van der Waals surface area contributed by atoms with Gasteiger partial charge in [0, 0.05) is 13.1 Å². The third kappa shape index (κ3) is 2.75. The molecule has 0 aromatic carbocycles. The van der Waals surface area contributed by atoms with Crippen LogP contribution in [0.4, 0.5) is 0 Å². The van der Waals surface area contributed by atoms with Crippen molar-refractivity contribution in [3.05, 3.63) is 0 Å². The van der Waals surface area contributed by atoms with Gasteiger partial charge in [0.25, 0.3) is 0 Å². The third-order valence-corrected chi connectivity index (χ3v) is 5.48. The zero-order valence-electron chi connectivity index (χ0n) is 12.9. The quantitative estimate of drug-likeness (QED) is 0.812. The van der Waals surface area contributed by atoms with Crippen molar-refractivity contribution >= 4 is 0 Å².